The number of hydrogen-bond acceptors (Lipinski definition) is 6. The van der Waals surface area contributed by atoms with E-state index < -0.39 is 0 Å². The molecule has 3 aromatic rings. The summed E-state index contributed by atoms with van der Waals surface area (Å²) in [5.41, 5.74) is 4.06. The number of ether oxygens (including phenoxy) is 1. The number of aliphatic imine (C=N–C) groups is 1. The lowest BCUT2D eigenvalue weighted by Gasteiger charge is -2.08. The van der Waals surface area contributed by atoms with Gasteiger partial charge >= 0.3 is 5.97 Å². The Balaban J connectivity index is 1.59. The third-order valence-corrected chi connectivity index (χ3v) is 6.11. The zero-order chi connectivity index (χ0) is 22.3. The van der Waals surface area contributed by atoms with Crippen LogP contribution in [0.3, 0.4) is 0 Å². The van der Waals surface area contributed by atoms with Crippen LogP contribution in [0, 0.1) is 0 Å². The molecule has 1 aliphatic heterocycles. The van der Waals surface area contributed by atoms with E-state index >= 15 is 0 Å². The normalized spacial score (nSPS) is 12.1. The lowest BCUT2D eigenvalue weighted by Crippen LogP contribution is -2.22. The van der Waals surface area contributed by atoms with Crippen LogP contribution >= 0.6 is 11.8 Å². The Bertz CT molecular complexity index is 1160. The minimum Gasteiger partial charge on any atom is -0.466 e. The number of rotatable bonds is 7. The Morgan fingerprint density at radius 2 is 1.84 bits per heavy atom. The zero-order valence-corrected chi connectivity index (χ0v) is 18.5. The minimum atomic E-state index is -0.242. The molecule has 2 aromatic carbocycles. The fraction of sp³-hybridized carbons (Fsp3) is 0.200. The van der Waals surface area contributed by atoms with Crippen LogP contribution in [-0.4, -0.2) is 29.2 Å². The SMILES string of the molecule is CCOC(=O)CCC1=Nc2cc(C(=O)NCc3ccncc3)ccc2Sc2ccccc21. The number of esters is 1. The molecule has 4 rings (SSSR count). The Morgan fingerprint density at radius 1 is 1.03 bits per heavy atom. The van der Waals surface area contributed by atoms with Crippen LogP contribution in [0.25, 0.3) is 0 Å². The second-order valence-electron chi connectivity index (χ2n) is 7.18. The molecule has 0 fully saturated rings. The van der Waals surface area contributed by atoms with Crippen molar-refractivity contribution in [3.05, 3.63) is 83.7 Å². The van der Waals surface area contributed by atoms with E-state index in [9.17, 15) is 9.59 Å². The third kappa shape index (κ3) is 5.23. The predicted molar refractivity (Wildman–Crippen MR) is 124 cm³/mol. The molecular formula is C25H23N3O3S. The molecule has 0 spiro atoms. The molecule has 1 amide bonds. The molecule has 32 heavy (non-hydrogen) atoms. The maximum Gasteiger partial charge on any atom is 0.306 e. The average molecular weight is 446 g/mol. The van der Waals surface area contributed by atoms with E-state index in [1.54, 1.807) is 37.1 Å². The van der Waals surface area contributed by atoms with E-state index in [4.69, 9.17) is 9.73 Å². The van der Waals surface area contributed by atoms with Gasteiger partial charge in [0.05, 0.1) is 24.4 Å². The minimum absolute atomic E-state index is 0.167. The van der Waals surface area contributed by atoms with Crippen molar-refractivity contribution in [1.29, 1.82) is 0 Å². The smallest absolute Gasteiger partial charge is 0.306 e. The van der Waals surface area contributed by atoms with Gasteiger partial charge < -0.3 is 10.1 Å². The van der Waals surface area contributed by atoms with Crippen molar-refractivity contribution >= 4 is 35.0 Å². The van der Waals surface area contributed by atoms with E-state index in [0.29, 0.717) is 25.1 Å². The summed E-state index contributed by atoms with van der Waals surface area (Å²) >= 11 is 1.61. The zero-order valence-electron chi connectivity index (χ0n) is 17.7. The van der Waals surface area contributed by atoms with Crippen LogP contribution in [0.1, 0.15) is 41.3 Å². The summed E-state index contributed by atoms with van der Waals surface area (Å²) in [7, 11) is 0. The van der Waals surface area contributed by atoms with Gasteiger partial charge in [0.2, 0.25) is 0 Å². The first kappa shape index (κ1) is 21.8. The monoisotopic (exact) mass is 445 g/mol. The predicted octanol–water partition coefficient (Wildman–Crippen LogP) is 4.94. The quantitative estimate of drug-likeness (QED) is 0.521. The summed E-state index contributed by atoms with van der Waals surface area (Å²) in [6, 6.07) is 17.3. The number of hydrogen-bond donors (Lipinski definition) is 1. The fourth-order valence-electron chi connectivity index (χ4n) is 3.38. The molecular weight excluding hydrogens is 422 g/mol. The van der Waals surface area contributed by atoms with Crippen LogP contribution in [0.4, 0.5) is 5.69 Å². The summed E-state index contributed by atoms with van der Waals surface area (Å²) in [6.45, 7) is 2.58. The number of aromatic nitrogens is 1. The maximum atomic E-state index is 12.7. The summed E-state index contributed by atoms with van der Waals surface area (Å²) in [4.78, 5) is 35.6. The van der Waals surface area contributed by atoms with Gasteiger partial charge in [-0.1, -0.05) is 30.0 Å². The molecule has 0 radical (unpaired) electrons. The van der Waals surface area contributed by atoms with Gasteiger partial charge in [0.15, 0.2) is 0 Å². The van der Waals surface area contributed by atoms with E-state index in [0.717, 1.165) is 32.3 Å². The fourth-order valence-corrected chi connectivity index (χ4v) is 4.40. The van der Waals surface area contributed by atoms with E-state index in [1.165, 1.54) is 0 Å². The van der Waals surface area contributed by atoms with Crippen molar-refractivity contribution in [3.63, 3.8) is 0 Å². The Morgan fingerprint density at radius 3 is 2.66 bits per heavy atom. The first-order valence-electron chi connectivity index (χ1n) is 10.5. The van der Waals surface area contributed by atoms with Gasteiger partial charge in [-0.05, 0) is 48.9 Å². The summed E-state index contributed by atoms with van der Waals surface area (Å²) in [6.07, 6.45) is 4.12. The number of nitrogens with zero attached hydrogens (tertiary/aromatic N) is 2. The highest BCUT2D eigenvalue weighted by atomic mass is 32.2. The van der Waals surface area contributed by atoms with Gasteiger partial charge in [0.1, 0.15) is 0 Å². The molecule has 0 aliphatic carbocycles. The third-order valence-electron chi connectivity index (χ3n) is 4.97. The van der Waals surface area contributed by atoms with Gasteiger partial charge in [-0.25, -0.2) is 0 Å². The van der Waals surface area contributed by atoms with Crippen molar-refractivity contribution in [1.82, 2.24) is 10.3 Å². The Kier molecular flexibility index (Phi) is 6.97. The molecule has 2 heterocycles. The number of carbonyl (C=O) groups excluding carboxylic acids is 2. The number of pyridine rings is 1. The summed E-state index contributed by atoms with van der Waals surface area (Å²) in [5, 5.41) is 2.94. The van der Waals surface area contributed by atoms with Crippen LogP contribution in [0.15, 0.2) is 81.8 Å². The lowest BCUT2D eigenvalue weighted by atomic mass is 10.1. The summed E-state index contributed by atoms with van der Waals surface area (Å²) in [5.74, 6) is -0.409. The number of nitrogens with one attached hydrogen (secondary N) is 1. The molecule has 0 saturated heterocycles. The van der Waals surface area contributed by atoms with Crippen LogP contribution in [0.2, 0.25) is 0 Å². The maximum absolute atomic E-state index is 12.7. The second kappa shape index (κ2) is 10.2. The van der Waals surface area contributed by atoms with Gasteiger partial charge in [-0.2, -0.15) is 0 Å². The first-order valence-corrected chi connectivity index (χ1v) is 11.3. The van der Waals surface area contributed by atoms with Crippen molar-refractivity contribution in [3.8, 4) is 0 Å². The first-order chi connectivity index (χ1) is 15.6. The standard InChI is InChI=1S/C25H23N3O3S/c1-2-31-24(29)10-8-20-19-5-3-4-6-22(19)32-23-9-7-18(15-21(23)28-20)25(30)27-16-17-11-13-26-14-12-17/h3-7,9,11-15H,2,8,10,16H2,1H3,(H,27,30). The number of benzene rings is 2. The highest BCUT2D eigenvalue weighted by Crippen LogP contribution is 2.41. The molecule has 0 atom stereocenters. The van der Waals surface area contributed by atoms with E-state index in [2.05, 4.69) is 10.3 Å². The number of carbonyl (C=O) groups is 2. The molecule has 7 heteroatoms. The van der Waals surface area contributed by atoms with Crippen LogP contribution in [-0.2, 0) is 16.1 Å². The second-order valence-corrected chi connectivity index (χ2v) is 8.27. The topological polar surface area (TPSA) is 80.6 Å². The van der Waals surface area contributed by atoms with Crippen molar-refractivity contribution in [2.75, 3.05) is 6.61 Å². The highest BCUT2D eigenvalue weighted by Gasteiger charge is 2.19. The Labute approximate surface area is 191 Å². The van der Waals surface area contributed by atoms with Gasteiger partial charge in [-0.15, -0.1) is 0 Å². The largest absolute Gasteiger partial charge is 0.466 e. The average Bonchev–Trinajstić information content (AvgIpc) is 2.98. The molecule has 0 bridgehead atoms. The molecule has 1 aliphatic rings. The van der Waals surface area contributed by atoms with Gasteiger partial charge in [0, 0.05) is 46.3 Å². The van der Waals surface area contributed by atoms with Crippen LogP contribution in [0.5, 0.6) is 0 Å². The van der Waals surface area contributed by atoms with Crippen LogP contribution < -0.4 is 5.32 Å². The van der Waals surface area contributed by atoms with Crippen molar-refractivity contribution < 1.29 is 14.3 Å². The molecule has 6 nitrogen and oxygen atoms in total. The molecule has 1 aromatic heterocycles. The highest BCUT2D eigenvalue weighted by molar-refractivity contribution is 7.99. The lowest BCUT2D eigenvalue weighted by molar-refractivity contribution is -0.142. The van der Waals surface area contributed by atoms with E-state index in [-0.39, 0.29) is 18.3 Å². The molecule has 0 unspecified atom stereocenters. The van der Waals surface area contributed by atoms with Crippen molar-refractivity contribution in [2.45, 2.75) is 36.1 Å². The van der Waals surface area contributed by atoms with Gasteiger partial charge in [-0.3, -0.25) is 19.6 Å². The molecule has 162 valence electrons. The van der Waals surface area contributed by atoms with E-state index in [1.807, 2.05) is 48.5 Å². The van der Waals surface area contributed by atoms with Crippen molar-refractivity contribution in [2.24, 2.45) is 4.99 Å². The number of amides is 1. The molecule has 0 saturated carbocycles. The Hall–Kier alpha value is -3.45. The summed E-state index contributed by atoms with van der Waals surface area (Å²) < 4.78 is 5.08. The number of fused-ring (bicyclic) bond motifs is 2. The van der Waals surface area contributed by atoms with Gasteiger partial charge in [0.25, 0.3) is 5.91 Å². The molecule has 1 N–H and O–H groups in total.